The van der Waals surface area contributed by atoms with Crippen LogP contribution in [-0.2, 0) is 16.0 Å². The molecular formula is C21H26N2O2. The normalized spacial score (nSPS) is 17.3. The number of nitrogens with zero attached hydrogens (tertiary/aromatic N) is 1. The van der Waals surface area contributed by atoms with Crippen molar-refractivity contribution in [2.24, 2.45) is 5.73 Å². The summed E-state index contributed by atoms with van der Waals surface area (Å²) in [6.07, 6.45) is 3.08. The fourth-order valence-electron chi connectivity index (χ4n) is 3.48. The van der Waals surface area contributed by atoms with Gasteiger partial charge in [0.15, 0.2) is 0 Å². The maximum Gasteiger partial charge on any atom is 0.239 e. The fourth-order valence-corrected chi connectivity index (χ4v) is 3.48. The second-order valence-electron chi connectivity index (χ2n) is 6.56. The number of amides is 1. The van der Waals surface area contributed by atoms with Gasteiger partial charge < -0.3 is 10.5 Å². The van der Waals surface area contributed by atoms with Crippen LogP contribution in [0.25, 0.3) is 0 Å². The van der Waals surface area contributed by atoms with Gasteiger partial charge in [0, 0.05) is 13.1 Å². The molecule has 1 heterocycles. The number of benzene rings is 2. The monoisotopic (exact) mass is 338 g/mol. The first-order valence-corrected chi connectivity index (χ1v) is 8.98. The molecule has 132 valence electrons. The molecule has 0 radical (unpaired) electrons. The lowest BCUT2D eigenvalue weighted by atomic mass is 10.00. The Labute approximate surface area is 149 Å². The van der Waals surface area contributed by atoms with Gasteiger partial charge in [-0.05, 0) is 30.4 Å². The number of hydrogen-bond acceptors (Lipinski definition) is 3. The SMILES string of the molecule is NC(=O)[C@H](c1ccccc1)N1CCC(OCCc2ccccc2)CC1. The highest BCUT2D eigenvalue weighted by Crippen LogP contribution is 2.25. The van der Waals surface area contributed by atoms with Gasteiger partial charge in [-0.25, -0.2) is 0 Å². The van der Waals surface area contributed by atoms with Gasteiger partial charge in [0.1, 0.15) is 6.04 Å². The minimum Gasteiger partial charge on any atom is -0.378 e. The molecule has 1 amide bonds. The minimum absolute atomic E-state index is 0.268. The van der Waals surface area contributed by atoms with Crippen LogP contribution in [0.2, 0.25) is 0 Å². The number of carbonyl (C=O) groups is 1. The van der Waals surface area contributed by atoms with Gasteiger partial charge >= 0.3 is 0 Å². The number of primary amides is 1. The fraction of sp³-hybridized carbons (Fsp3) is 0.381. The molecule has 0 spiro atoms. The van der Waals surface area contributed by atoms with E-state index < -0.39 is 0 Å². The smallest absolute Gasteiger partial charge is 0.239 e. The van der Waals surface area contributed by atoms with E-state index in [9.17, 15) is 4.79 Å². The van der Waals surface area contributed by atoms with Crippen molar-refractivity contribution in [3.8, 4) is 0 Å². The standard InChI is InChI=1S/C21H26N2O2/c22-21(24)20(18-9-5-2-6-10-18)23-14-11-19(12-15-23)25-16-13-17-7-3-1-4-8-17/h1-10,19-20H,11-16H2,(H2,22,24)/t20-/m0/s1. The number of likely N-dealkylation sites (tertiary alicyclic amines) is 1. The molecule has 0 aliphatic carbocycles. The van der Waals surface area contributed by atoms with E-state index in [4.69, 9.17) is 10.5 Å². The summed E-state index contributed by atoms with van der Waals surface area (Å²) in [6.45, 7) is 2.41. The van der Waals surface area contributed by atoms with Crippen LogP contribution in [0, 0.1) is 0 Å². The number of piperidine rings is 1. The zero-order valence-electron chi connectivity index (χ0n) is 14.5. The predicted molar refractivity (Wildman–Crippen MR) is 99.1 cm³/mol. The van der Waals surface area contributed by atoms with E-state index >= 15 is 0 Å². The molecule has 0 aromatic heterocycles. The molecule has 25 heavy (non-hydrogen) atoms. The summed E-state index contributed by atoms with van der Waals surface area (Å²) in [5.41, 5.74) is 7.94. The Balaban J connectivity index is 1.48. The van der Waals surface area contributed by atoms with E-state index in [0.29, 0.717) is 0 Å². The van der Waals surface area contributed by atoms with Gasteiger partial charge in [0.25, 0.3) is 0 Å². The summed E-state index contributed by atoms with van der Waals surface area (Å²) in [5.74, 6) is -0.283. The first-order valence-electron chi connectivity index (χ1n) is 8.98. The van der Waals surface area contributed by atoms with Crippen LogP contribution in [0.15, 0.2) is 60.7 Å². The Morgan fingerprint density at radius 3 is 2.24 bits per heavy atom. The van der Waals surface area contributed by atoms with Crippen molar-refractivity contribution in [1.82, 2.24) is 4.90 Å². The van der Waals surface area contributed by atoms with Gasteiger partial charge in [-0.2, -0.15) is 0 Å². The molecule has 3 rings (SSSR count). The van der Waals surface area contributed by atoms with Gasteiger partial charge in [-0.1, -0.05) is 60.7 Å². The molecule has 1 saturated heterocycles. The molecule has 1 aliphatic heterocycles. The third kappa shape index (κ3) is 4.91. The van der Waals surface area contributed by atoms with Crippen molar-refractivity contribution in [1.29, 1.82) is 0 Å². The second kappa shape index (κ2) is 8.79. The predicted octanol–water partition coefficient (Wildman–Crippen LogP) is 2.94. The Morgan fingerprint density at radius 1 is 1.04 bits per heavy atom. The van der Waals surface area contributed by atoms with Crippen LogP contribution in [-0.4, -0.2) is 36.6 Å². The third-order valence-corrected chi connectivity index (χ3v) is 4.81. The van der Waals surface area contributed by atoms with Crippen LogP contribution in [0.4, 0.5) is 0 Å². The van der Waals surface area contributed by atoms with Crippen molar-refractivity contribution in [2.45, 2.75) is 31.4 Å². The maximum absolute atomic E-state index is 12.0. The molecule has 0 saturated carbocycles. The molecule has 2 aromatic rings. The highest BCUT2D eigenvalue weighted by molar-refractivity contribution is 5.81. The molecule has 0 unspecified atom stereocenters. The van der Waals surface area contributed by atoms with Crippen LogP contribution in [0.3, 0.4) is 0 Å². The quantitative estimate of drug-likeness (QED) is 0.844. The van der Waals surface area contributed by atoms with E-state index in [1.165, 1.54) is 5.56 Å². The van der Waals surface area contributed by atoms with Crippen LogP contribution in [0.5, 0.6) is 0 Å². The largest absolute Gasteiger partial charge is 0.378 e. The van der Waals surface area contributed by atoms with Gasteiger partial charge in [-0.3, -0.25) is 9.69 Å². The molecule has 0 bridgehead atoms. The number of hydrogen-bond donors (Lipinski definition) is 1. The molecule has 2 N–H and O–H groups in total. The lowest BCUT2D eigenvalue weighted by Gasteiger charge is -2.36. The summed E-state index contributed by atoms with van der Waals surface area (Å²) < 4.78 is 6.04. The van der Waals surface area contributed by atoms with Crippen molar-refractivity contribution in [3.63, 3.8) is 0 Å². The number of rotatable bonds is 7. The summed E-state index contributed by atoms with van der Waals surface area (Å²) >= 11 is 0. The number of nitrogens with two attached hydrogens (primary N) is 1. The highest BCUT2D eigenvalue weighted by Gasteiger charge is 2.29. The Hall–Kier alpha value is -2.17. The van der Waals surface area contributed by atoms with E-state index in [1.807, 2.05) is 36.4 Å². The first kappa shape index (κ1) is 17.6. The van der Waals surface area contributed by atoms with Crippen LogP contribution >= 0.6 is 0 Å². The summed E-state index contributed by atoms with van der Waals surface area (Å²) in [6, 6.07) is 19.9. The Bertz CT molecular complexity index is 652. The van der Waals surface area contributed by atoms with E-state index in [-0.39, 0.29) is 18.1 Å². The van der Waals surface area contributed by atoms with E-state index in [1.54, 1.807) is 0 Å². The van der Waals surface area contributed by atoms with Gasteiger partial charge in [-0.15, -0.1) is 0 Å². The molecule has 2 aromatic carbocycles. The lowest BCUT2D eigenvalue weighted by Crippen LogP contribution is -2.44. The first-order chi connectivity index (χ1) is 12.2. The highest BCUT2D eigenvalue weighted by atomic mass is 16.5. The van der Waals surface area contributed by atoms with Crippen molar-refractivity contribution < 1.29 is 9.53 Å². The Kier molecular flexibility index (Phi) is 6.20. The van der Waals surface area contributed by atoms with Crippen molar-refractivity contribution in [2.75, 3.05) is 19.7 Å². The number of carbonyl (C=O) groups excluding carboxylic acids is 1. The third-order valence-electron chi connectivity index (χ3n) is 4.81. The Morgan fingerprint density at radius 2 is 1.64 bits per heavy atom. The lowest BCUT2D eigenvalue weighted by molar-refractivity contribution is -0.124. The van der Waals surface area contributed by atoms with E-state index in [2.05, 4.69) is 29.2 Å². The average Bonchev–Trinajstić information content (AvgIpc) is 2.65. The van der Waals surface area contributed by atoms with Gasteiger partial charge in [0.2, 0.25) is 5.91 Å². The number of ether oxygens (including phenoxy) is 1. The molecule has 1 fully saturated rings. The molecule has 1 atom stereocenters. The maximum atomic E-state index is 12.0. The molecule has 1 aliphatic rings. The molecule has 4 nitrogen and oxygen atoms in total. The van der Waals surface area contributed by atoms with E-state index in [0.717, 1.165) is 44.5 Å². The summed E-state index contributed by atoms with van der Waals surface area (Å²) in [5, 5.41) is 0. The second-order valence-corrected chi connectivity index (χ2v) is 6.56. The summed E-state index contributed by atoms with van der Waals surface area (Å²) in [4.78, 5) is 14.1. The topological polar surface area (TPSA) is 55.6 Å². The molecule has 4 heteroatoms. The minimum atomic E-state index is -0.341. The van der Waals surface area contributed by atoms with Gasteiger partial charge in [0.05, 0.1) is 12.7 Å². The summed E-state index contributed by atoms with van der Waals surface area (Å²) in [7, 11) is 0. The van der Waals surface area contributed by atoms with Crippen LogP contribution in [0.1, 0.15) is 30.0 Å². The van der Waals surface area contributed by atoms with Crippen LogP contribution < -0.4 is 5.73 Å². The average molecular weight is 338 g/mol. The van der Waals surface area contributed by atoms with Crippen molar-refractivity contribution in [3.05, 3.63) is 71.8 Å². The molecular weight excluding hydrogens is 312 g/mol. The zero-order valence-corrected chi connectivity index (χ0v) is 14.5. The zero-order chi connectivity index (χ0) is 17.5. The van der Waals surface area contributed by atoms with Crippen molar-refractivity contribution >= 4 is 5.91 Å².